The molecule has 0 aliphatic carbocycles. The van der Waals surface area contributed by atoms with Gasteiger partial charge in [0.05, 0.1) is 11.4 Å². The van der Waals surface area contributed by atoms with E-state index in [1.54, 1.807) is 41.5 Å². The molecule has 0 spiro atoms. The second-order valence-electron chi connectivity index (χ2n) is 11.7. The van der Waals surface area contributed by atoms with Gasteiger partial charge in [-0.15, -0.1) is 0 Å². The molecule has 0 aliphatic heterocycles. The Hall–Kier alpha value is -4.50. The van der Waals surface area contributed by atoms with Crippen molar-refractivity contribution in [2.45, 2.75) is 59.3 Å². The topological polar surface area (TPSA) is 105 Å². The fraction of sp³-hybridized carbons (Fsp3) is 0.333. The van der Waals surface area contributed by atoms with E-state index in [-0.39, 0.29) is 0 Å². The van der Waals surface area contributed by atoms with Crippen molar-refractivity contribution in [3.8, 4) is 0 Å². The number of hydrazone groups is 2. The third-order valence-electron chi connectivity index (χ3n) is 5.57. The molecule has 222 valence electrons. The van der Waals surface area contributed by atoms with Crippen LogP contribution in [0.5, 0.6) is 0 Å². The summed E-state index contributed by atoms with van der Waals surface area (Å²) in [6.45, 7) is 12.0. The highest BCUT2D eigenvalue weighted by Gasteiger charge is 2.20. The number of rotatable bonds is 10. The summed E-state index contributed by atoms with van der Waals surface area (Å²) in [6.07, 6.45) is -1.28. The van der Waals surface area contributed by atoms with Gasteiger partial charge in [0.25, 0.3) is 0 Å². The average molecular weight is 572 g/mol. The SMILES string of the molecule is CC(C)(C)OC(=O)N/N=C(\CN(C/C(=N/NC(=O)OC(C)(C)C)c1ccccc1)Cc1ccccc1)c1ccccc1. The molecule has 9 nitrogen and oxygen atoms in total. The van der Waals surface area contributed by atoms with Gasteiger partial charge < -0.3 is 9.47 Å². The van der Waals surface area contributed by atoms with Gasteiger partial charge >= 0.3 is 12.2 Å². The number of hydrogen-bond donors (Lipinski definition) is 2. The van der Waals surface area contributed by atoms with Crippen LogP contribution in [0, 0.1) is 0 Å². The Morgan fingerprint density at radius 1 is 0.619 bits per heavy atom. The molecule has 0 aromatic heterocycles. The zero-order chi connectivity index (χ0) is 30.6. The molecule has 9 heteroatoms. The van der Waals surface area contributed by atoms with Crippen LogP contribution in [-0.4, -0.2) is 52.8 Å². The minimum Gasteiger partial charge on any atom is -0.443 e. The first-order valence-electron chi connectivity index (χ1n) is 13.9. The quantitative estimate of drug-likeness (QED) is 0.218. The van der Waals surface area contributed by atoms with Gasteiger partial charge in [-0.3, -0.25) is 4.90 Å². The van der Waals surface area contributed by atoms with Gasteiger partial charge in [0, 0.05) is 19.6 Å². The molecule has 3 rings (SSSR count). The van der Waals surface area contributed by atoms with Crippen LogP contribution in [0.1, 0.15) is 58.2 Å². The normalized spacial score (nSPS) is 12.5. The van der Waals surface area contributed by atoms with Crippen LogP contribution in [-0.2, 0) is 16.0 Å². The van der Waals surface area contributed by atoms with Crippen LogP contribution in [0.4, 0.5) is 9.59 Å². The number of carbonyl (C=O) groups excluding carboxylic acids is 2. The van der Waals surface area contributed by atoms with Crippen molar-refractivity contribution in [1.29, 1.82) is 0 Å². The van der Waals surface area contributed by atoms with Crippen molar-refractivity contribution in [2.24, 2.45) is 10.2 Å². The highest BCUT2D eigenvalue weighted by molar-refractivity contribution is 6.04. The molecule has 42 heavy (non-hydrogen) atoms. The third kappa shape index (κ3) is 11.9. The monoisotopic (exact) mass is 571 g/mol. The largest absolute Gasteiger partial charge is 0.443 e. The van der Waals surface area contributed by atoms with Crippen LogP contribution in [0.25, 0.3) is 0 Å². The lowest BCUT2D eigenvalue weighted by Crippen LogP contribution is -2.37. The zero-order valence-corrected chi connectivity index (χ0v) is 25.3. The van der Waals surface area contributed by atoms with Gasteiger partial charge in [-0.2, -0.15) is 10.2 Å². The summed E-state index contributed by atoms with van der Waals surface area (Å²) in [7, 11) is 0. The van der Waals surface area contributed by atoms with Crippen molar-refractivity contribution < 1.29 is 19.1 Å². The highest BCUT2D eigenvalue weighted by Crippen LogP contribution is 2.12. The van der Waals surface area contributed by atoms with Gasteiger partial charge in [0.15, 0.2) is 0 Å². The van der Waals surface area contributed by atoms with Crippen molar-refractivity contribution in [3.05, 3.63) is 108 Å². The first kappa shape index (κ1) is 32.0. The van der Waals surface area contributed by atoms with Crippen LogP contribution in [0.3, 0.4) is 0 Å². The number of ether oxygens (including phenoxy) is 2. The van der Waals surface area contributed by atoms with Crippen LogP contribution in [0.2, 0.25) is 0 Å². The molecular weight excluding hydrogens is 530 g/mol. The molecule has 0 bridgehead atoms. The number of carbonyl (C=O) groups is 2. The van der Waals surface area contributed by atoms with Crippen molar-refractivity contribution >= 4 is 23.6 Å². The highest BCUT2D eigenvalue weighted by atomic mass is 16.6. The van der Waals surface area contributed by atoms with Gasteiger partial charge in [0.2, 0.25) is 0 Å². The van der Waals surface area contributed by atoms with Crippen LogP contribution in [0.15, 0.2) is 101 Å². The fourth-order valence-electron chi connectivity index (χ4n) is 3.90. The van der Waals surface area contributed by atoms with E-state index in [1.807, 2.05) is 91.0 Å². The molecule has 2 N–H and O–H groups in total. The maximum absolute atomic E-state index is 12.5. The van der Waals surface area contributed by atoms with E-state index < -0.39 is 23.4 Å². The molecule has 0 saturated heterocycles. The predicted molar refractivity (Wildman–Crippen MR) is 166 cm³/mol. The molecule has 0 fully saturated rings. The summed E-state index contributed by atoms with van der Waals surface area (Å²) >= 11 is 0. The number of nitrogens with one attached hydrogen (secondary N) is 2. The van der Waals surface area contributed by atoms with E-state index in [1.165, 1.54) is 0 Å². The van der Waals surface area contributed by atoms with Gasteiger partial charge in [-0.1, -0.05) is 91.0 Å². The van der Waals surface area contributed by atoms with Gasteiger partial charge in [-0.05, 0) is 58.2 Å². The van der Waals surface area contributed by atoms with E-state index in [4.69, 9.17) is 9.47 Å². The van der Waals surface area contributed by atoms with Crippen LogP contribution >= 0.6 is 0 Å². The smallest absolute Gasteiger partial charge is 0.428 e. The second-order valence-corrected chi connectivity index (χ2v) is 11.7. The number of amides is 2. The lowest BCUT2D eigenvalue weighted by molar-refractivity contribution is 0.0518. The van der Waals surface area contributed by atoms with Crippen molar-refractivity contribution in [3.63, 3.8) is 0 Å². The first-order valence-corrected chi connectivity index (χ1v) is 13.9. The molecule has 3 aromatic rings. The molecule has 0 unspecified atom stereocenters. The first-order chi connectivity index (χ1) is 19.9. The van der Waals surface area contributed by atoms with E-state index in [9.17, 15) is 9.59 Å². The van der Waals surface area contributed by atoms with E-state index >= 15 is 0 Å². The average Bonchev–Trinajstić information content (AvgIpc) is 2.92. The standard InChI is InChI=1S/C33H41N5O4/c1-32(2,3)41-30(39)36-34-28(26-18-12-8-13-19-26)23-38(22-25-16-10-7-11-17-25)24-29(27-20-14-9-15-21-27)35-37-31(40)42-33(4,5)6/h7-21H,22-24H2,1-6H3,(H,36,39)(H,37,40)/b34-28-,35-29+. The lowest BCUT2D eigenvalue weighted by atomic mass is 10.1. The van der Waals surface area contributed by atoms with Crippen LogP contribution < -0.4 is 10.9 Å². The molecule has 3 aromatic carbocycles. The molecule has 0 atom stereocenters. The van der Waals surface area contributed by atoms with Crippen molar-refractivity contribution in [1.82, 2.24) is 15.8 Å². The Balaban J connectivity index is 1.96. The molecule has 0 radical (unpaired) electrons. The number of benzene rings is 3. The summed E-state index contributed by atoms with van der Waals surface area (Å²) in [5, 5.41) is 8.95. The maximum atomic E-state index is 12.5. The summed E-state index contributed by atoms with van der Waals surface area (Å²) in [4.78, 5) is 27.1. The van der Waals surface area contributed by atoms with Gasteiger partial charge in [0.1, 0.15) is 11.2 Å². The minimum atomic E-state index is -0.659. The van der Waals surface area contributed by atoms with E-state index in [0.29, 0.717) is 31.1 Å². The molecule has 0 aliphatic rings. The Morgan fingerprint density at radius 3 is 1.33 bits per heavy atom. The Morgan fingerprint density at radius 2 is 0.976 bits per heavy atom. The fourth-order valence-corrected chi connectivity index (χ4v) is 3.90. The summed E-state index contributed by atoms with van der Waals surface area (Å²) < 4.78 is 10.8. The zero-order valence-electron chi connectivity index (χ0n) is 25.3. The predicted octanol–water partition coefficient (Wildman–Crippen LogP) is 6.35. The molecule has 0 saturated carbocycles. The Kier molecular flexibility index (Phi) is 11.4. The Labute approximate surface area is 248 Å². The Bertz CT molecular complexity index is 1260. The van der Waals surface area contributed by atoms with Crippen molar-refractivity contribution in [2.75, 3.05) is 13.1 Å². The molecular formula is C33H41N5O4. The summed E-state index contributed by atoms with van der Waals surface area (Å²) in [5.41, 5.74) is 7.81. The summed E-state index contributed by atoms with van der Waals surface area (Å²) in [5.74, 6) is 0. The number of nitrogens with zero attached hydrogens (tertiary/aromatic N) is 3. The summed E-state index contributed by atoms with van der Waals surface area (Å²) in [6, 6.07) is 29.3. The minimum absolute atomic E-state index is 0.354. The molecule has 2 amide bonds. The third-order valence-corrected chi connectivity index (χ3v) is 5.57. The second kappa shape index (κ2) is 14.9. The van der Waals surface area contributed by atoms with E-state index in [2.05, 4.69) is 26.0 Å². The van der Waals surface area contributed by atoms with Gasteiger partial charge in [-0.25, -0.2) is 20.4 Å². The molecule has 0 heterocycles. The number of hydrogen-bond acceptors (Lipinski definition) is 7. The maximum Gasteiger partial charge on any atom is 0.428 e. The lowest BCUT2D eigenvalue weighted by Gasteiger charge is -2.25. The van der Waals surface area contributed by atoms with E-state index in [0.717, 1.165) is 16.7 Å².